The molecule has 0 bridgehead atoms. The minimum absolute atomic E-state index is 0.0519. The largest absolute Gasteiger partial charge is 0.502 e. The molecule has 1 aromatic rings. The fourth-order valence-electron chi connectivity index (χ4n) is 1.13. The summed E-state index contributed by atoms with van der Waals surface area (Å²) >= 11 is 0. The monoisotopic (exact) mass is 246 g/mol. The van der Waals surface area contributed by atoms with Crippen LogP contribution in [0.3, 0.4) is 0 Å². The molecule has 6 heteroatoms. The first-order chi connectivity index (χ1) is 7.80. The number of carboxylic acid groups (broad SMARTS) is 1. The van der Waals surface area contributed by atoms with Crippen molar-refractivity contribution in [2.45, 2.75) is 12.6 Å². The van der Waals surface area contributed by atoms with E-state index in [0.717, 1.165) is 18.2 Å². The van der Waals surface area contributed by atoms with Gasteiger partial charge in [-0.15, -0.1) is 0 Å². The number of hydrogen-bond donors (Lipinski definition) is 2. The van der Waals surface area contributed by atoms with Crippen molar-refractivity contribution in [1.82, 2.24) is 0 Å². The van der Waals surface area contributed by atoms with Gasteiger partial charge in [0.05, 0.1) is 5.56 Å². The molecule has 0 aliphatic rings. The molecule has 17 heavy (non-hydrogen) atoms. The molecule has 0 saturated carbocycles. The van der Waals surface area contributed by atoms with Crippen LogP contribution >= 0.6 is 0 Å². The average molecular weight is 246 g/mol. The van der Waals surface area contributed by atoms with E-state index >= 15 is 0 Å². The molecular formula is C11H9F3O3. The van der Waals surface area contributed by atoms with Crippen LogP contribution in [-0.4, -0.2) is 16.2 Å². The molecule has 0 aliphatic heterocycles. The summed E-state index contributed by atoms with van der Waals surface area (Å²) < 4.78 is 36.6. The molecule has 0 amide bonds. The van der Waals surface area contributed by atoms with E-state index in [-0.39, 0.29) is 6.42 Å². The molecule has 1 aromatic carbocycles. The highest BCUT2D eigenvalue weighted by Gasteiger charge is 2.29. The third-order valence-electron chi connectivity index (χ3n) is 2.03. The Labute approximate surface area is 94.8 Å². The van der Waals surface area contributed by atoms with E-state index in [1.54, 1.807) is 0 Å². The maximum atomic E-state index is 12.2. The molecule has 0 radical (unpaired) electrons. The molecule has 0 spiro atoms. The molecule has 0 aliphatic carbocycles. The number of benzene rings is 1. The van der Waals surface area contributed by atoms with Crippen LogP contribution in [0, 0.1) is 0 Å². The lowest BCUT2D eigenvalue weighted by Crippen LogP contribution is -2.04. The van der Waals surface area contributed by atoms with Crippen LogP contribution in [0.15, 0.2) is 36.1 Å². The van der Waals surface area contributed by atoms with Gasteiger partial charge in [0.1, 0.15) is 0 Å². The molecule has 92 valence electrons. The lowest BCUT2D eigenvalue weighted by Gasteiger charge is -2.06. The fraction of sp³-hybridized carbons (Fsp3) is 0.182. The molecule has 0 fully saturated rings. The minimum Gasteiger partial charge on any atom is -0.502 e. The van der Waals surface area contributed by atoms with Crippen molar-refractivity contribution in [3.05, 3.63) is 47.2 Å². The Kier molecular flexibility index (Phi) is 3.77. The maximum absolute atomic E-state index is 12.2. The van der Waals surface area contributed by atoms with Gasteiger partial charge in [-0.2, -0.15) is 13.2 Å². The number of hydrogen-bond acceptors (Lipinski definition) is 2. The topological polar surface area (TPSA) is 57.5 Å². The summed E-state index contributed by atoms with van der Waals surface area (Å²) in [7, 11) is 0. The molecule has 2 N–H and O–H groups in total. The first-order valence-corrected chi connectivity index (χ1v) is 4.59. The second-order valence-electron chi connectivity index (χ2n) is 3.29. The van der Waals surface area contributed by atoms with E-state index < -0.39 is 23.5 Å². The minimum atomic E-state index is -4.39. The summed E-state index contributed by atoms with van der Waals surface area (Å²) in [6.45, 7) is 0. The second kappa shape index (κ2) is 4.90. The van der Waals surface area contributed by atoms with Gasteiger partial charge in [-0.1, -0.05) is 12.1 Å². The number of aliphatic carboxylic acids is 1. The highest BCUT2D eigenvalue weighted by Crippen LogP contribution is 2.29. The number of carboxylic acids is 1. The van der Waals surface area contributed by atoms with E-state index in [1.165, 1.54) is 12.1 Å². The van der Waals surface area contributed by atoms with Crippen molar-refractivity contribution >= 4 is 5.97 Å². The number of halogens is 3. The van der Waals surface area contributed by atoms with Crippen LogP contribution in [0.4, 0.5) is 13.2 Å². The Morgan fingerprint density at radius 1 is 1.18 bits per heavy atom. The Hall–Kier alpha value is -1.98. The summed E-state index contributed by atoms with van der Waals surface area (Å²) in [5.41, 5.74) is -0.293. The van der Waals surface area contributed by atoms with E-state index in [4.69, 9.17) is 10.2 Å². The normalized spacial score (nSPS) is 12.5. The summed E-state index contributed by atoms with van der Waals surface area (Å²) in [5, 5.41) is 17.2. The number of aliphatic hydroxyl groups excluding tert-OH is 1. The van der Waals surface area contributed by atoms with Crippen molar-refractivity contribution in [2.24, 2.45) is 0 Å². The Bertz CT molecular complexity index is 432. The van der Waals surface area contributed by atoms with Crippen LogP contribution in [0.5, 0.6) is 0 Å². The third kappa shape index (κ3) is 3.82. The number of allylic oxidation sites excluding steroid dienone is 1. The zero-order chi connectivity index (χ0) is 13.1. The van der Waals surface area contributed by atoms with Crippen LogP contribution in [0.1, 0.15) is 11.1 Å². The number of aliphatic hydroxyl groups is 1. The van der Waals surface area contributed by atoms with Gasteiger partial charge in [0.25, 0.3) is 0 Å². The molecule has 0 saturated heterocycles. The Balaban J connectivity index is 2.76. The summed E-state index contributed by atoms with van der Waals surface area (Å²) in [5.74, 6) is -2.30. The predicted octanol–water partition coefficient (Wildman–Crippen LogP) is 2.77. The van der Waals surface area contributed by atoms with Crippen molar-refractivity contribution in [1.29, 1.82) is 0 Å². The maximum Gasteiger partial charge on any atom is 0.416 e. The summed E-state index contributed by atoms with van der Waals surface area (Å²) in [6, 6.07) is 4.27. The van der Waals surface area contributed by atoms with Gasteiger partial charge in [0.2, 0.25) is 0 Å². The van der Waals surface area contributed by atoms with Crippen molar-refractivity contribution in [3.8, 4) is 0 Å². The molecule has 0 heterocycles. The molecule has 3 nitrogen and oxygen atoms in total. The summed E-state index contributed by atoms with van der Waals surface area (Å²) in [4.78, 5) is 10.2. The van der Waals surface area contributed by atoms with Crippen LogP contribution in [0.2, 0.25) is 0 Å². The quantitative estimate of drug-likeness (QED) is 0.636. The van der Waals surface area contributed by atoms with Gasteiger partial charge in [-0.25, -0.2) is 4.79 Å². The van der Waals surface area contributed by atoms with E-state index in [9.17, 15) is 18.0 Å². The first kappa shape index (κ1) is 13.1. The zero-order valence-electron chi connectivity index (χ0n) is 8.53. The molecular weight excluding hydrogens is 237 g/mol. The number of carbonyl (C=O) groups is 1. The van der Waals surface area contributed by atoms with Crippen molar-refractivity contribution in [3.63, 3.8) is 0 Å². The number of rotatable bonds is 3. The second-order valence-corrected chi connectivity index (χ2v) is 3.29. The molecule has 0 unspecified atom stereocenters. The smallest absolute Gasteiger partial charge is 0.416 e. The predicted molar refractivity (Wildman–Crippen MR) is 53.5 cm³/mol. The van der Waals surface area contributed by atoms with E-state index in [0.29, 0.717) is 5.56 Å². The van der Waals surface area contributed by atoms with Crippen LogP contribution in [-0.2, 0) is 17.4 Å². The molecule has 1 rings (SSSR count). The van der Waals surface area contributed by atoms with Crippen molar-refractivity contribution < 1.29 is 28.2 Å². The van der Waals surface area contributed by atoms with Crippen LogP contribution < -0.4 is 0 Å². The molecule has 0 atom stereocenters. The van der Waals surface area contributed by atoms with Gasteiger partial charge in [0.15, 0.2) is 5.76 Å². The zero-order valence-corrected chi connectivity index (χ0v) is 8.53. The highest BCUT2D eigenvalue weighted by atomic mass is 19.4. The number of alkyl halides is 3. The van der Waals surface area contributed by atoms with Gasteiger partial charge < -0.3 is 10.2 Å². The molecule has 0 aromatic heterocycles. The van der Waals surface area contributed by atoms with Crippen LogP contribution in [0.25, 0.3) is 0 Å². The standard InChI is InChI=1S/C11H9F3O3/c12-11(13,14)8-4-1-7(2-5-8)3-6-9(15)10(16)17/h1-2,4-6,15H,3H2,(H,16,17)/b9-6-. The Morgan fingerprint density at radius 2 is 1.71 bits per heavy atom. The SMILES string of the molecule is O=C(O)/C(O)=C/Cc1ccc(C(F)(F)F)cc1. The Morgan fingerprint density at radius 3 is 2.12 bits per heavy atom. The van der Waals surface area contributed by atoms with Crippen molar-refractivity contribution in [2.75, 3.05) is 0 Å². The highest BCUT2D eigenvalue weighted by molar-refractivity contribution is 5.83. The van der Waals surface area contributed by atoms with Gasteiger partial charge in [-0.05, 0) is 30.2 Å². The fourth-order valence-corrected chi connectivity index (χ4v) is 1.13. The average Bonchev–Trinajstić information content (AvgIpc) is 2.25. The lowest BCUT2D eigenvalue weighted by atomic mass is 10.1. The summed E-state index contributed by atoms with van der Waals surface area (Å²) in [6.07, 6.45) is -3.32. The van der Waals surface area contributed by atoms with Gasteiger partial charge in [-0.3, -0.25) is 0 Å². The van der Waals surface area contributed by atoms with E-state index in [1.807, 2.05) is 0 Å². The van der Waals surface area contributed by atoms with Gasteiger partial charge >= 0.3 is 12.1 Å². The van der Waals surface area contributed by atoms with E-state index in [2.05, 4.69) is 0 Å². The first-order valence-electron chi connectivity index (χ1n) is 4.59. The third-order valence-corrected chi connectivity index (χ3v) is 2.03. The lowest BCUT2D eigenvalue weighted by molar-refractivity contribution is -0.137. The van der Waals surface area contributed by atoms with Gasteiger partial charge in [0, 0.05) is 0 Å².